The van der Waals surface area contributed by atoms with Gasteiger partial charge in [-0.15, -0.1) is 0 Å². The SMILES string of the molecule is CCCc1ccc2c(F)c(C3CCc4cc(F)ccc4C3)ccc2c1. The molecule has 0 fully saturated rings. The Morgan fingerprint density at radius 1 is 0.960 bits per heavy atom. The minimum absolute atomic E-state index is 0.0869. The van der Waals surface area contributed by atoms with Gasteiger partial charge in [0.25, 0.3) is 0 Å². The lowest BCUT2D eigenvalue weighted by Gasteiger charge is -2.25. The molecular weight excluding hydrogens is 314 g/mol. The molecule has 0 saturated heterocycles. The minimum Gasteiger partial charge on any atom is -0.207 e. The first-order chi connectivity index (χ1) is 12.2. The molecule has 0 N–H and O–H groups in total. The zero-order valence-electron chi connectivity index (χ0n) is 14.5. The highest BCUT2D eigenvalue weighted by Gasteiger charge is 2.23. The lowest BCUT2D eigenvalue weighted by atomic mass is 9.79. The number of rotatable bonds is 3. The van der Waals surface area contributed by atoms with Crippen molar-refractivity contribution in [3.8, 4) is 0 Å². The molecule has 1 aliphatic carbocycles. The highest BCUT2D eigenvalue weighted by Crippen LogP contribution is 2.36. The Morgan fingerprint density at radius 3 is 2.68 bits per heavy atom. The lowest BCUT2D eigenvalue weighted by Crippen LogP contribution is -2.14. The molecule has 0 bridgehead atoms. The number of hydrogen-bond acceptors (Lipinski definition) is 0. The summed E-state index contributed by atoms with van der Waals surface area (Å²) in [6.07, 6.45) is 4.58. The van der Waals surface area contributed by atoms with Gasteiger partial charge in [-0.25, -0.2) is 8.78 Å². The van der Waals surface area contributed by atoms with Crippen molar-refractivity contribution in [2.45, 2.75) is 44.9 Å². The fourth-order valence-corrected chi connectivity index (χ4v) is 4.11. The predicted octanol–water partition coefficient (Wildman–Crippen LogP) is 6.34. The number of fused-ring (bicyclic) bond motifs is 2. The van der Waals surface area contributed by atoms with Gasteiger partial charge in [-0.3, -0.25) is 0 Å². The molecule has 128 valence electrons. The molecule has 3 aromatic rings. The fraction of sp³-hybridized carbons (Fsp3) is 0.304. The summed E-state index contributed by atoms with van der Waals surface area (Å²) >= 11 is 0. The Labute approximate surface area is 147 Å². The molecule has 1 aliphatic rings. The third-order valence-corrected chi connectivity index (χ3v) is 5.42. The van der Waals surface area contributed by atoms with Crippen molar-refractivity contribution >= 4 is 10.8 Å². The number of hydrogen-bond donors (Lipinski definition) is 0. The first kappa shape index (κ1) is 16.3. The summed E-state index contributed by atoms with van der Waals surface area (Å²) in [7, 11) is 0. The second kappa shape index (κ2) is 6.59. The Hall–Kier alpha value is -2.22. The average molecular weight is 336 g/mol. The monoisotopic (exact) mass is 336 g/mol. The van der Waals surface area contributed by atoms with Crippen LogP contribution in [0, 0.1) is 11.6 Å². The molecule has 0 radical (unpaired) electrons. The normalized spacial score (nSPS) is 16.8. The molecule has 1 unspecified atom stereocenters. The van der Waals surface area contributed by atoms with E-state index < -0.39 is 0 Å². The molecule has 2 heteroatoms. The largest absolute Gasteiger partial charge is 0.207 e. The van der Waals surface area contributed by atoms with Crippen molar-refractivity contribution in [2.24, 2.45) is 0 Å². The van der Waals surface area contributed by atoms with Gasteiger partial charge in [-0.05, 0) is 71.4 Å². The second-order valence-electron chi connectivity index (χ2n) is 7.13. The van der Waals surface area contributed by atoms with Gasteiger partial charge >= 0.3 is 0 Å². The molecule has 4 rings (SSSR count). The fourth-order valence-electron chi connectivity index (χ4n) is 4.11. The van der Waals surface area contributed by atoms with Crippen molar-refractivity contribution in [2.75, 3.05) is 0 Å². The Kier molecular flexibility index (Phi) is 4.29. The first-order valence-corrected chi connectivity index (χ1v) is 9.14. The van der Waals surface area contributed by atoms with E-state index in [1.54, 1.807) is 6.07 Å². The van der Waals surface area contributed by atoms with Crippen molar-refractivity contribution in [1.82, 2.24) is 0 Å². The standard InChI is InChI=1S/C23H22F2/c1-2-3-15-4-10-21-18(12-15)8-11-22(23(21)25)19-6-5-17-14-20(24)9-7-16(17)13-19/h4,7-12,14,19H,2-3,5-6,13H2,1H3. The van der Waals surface area contributed by atoms with Crippen molar-refractivity contribution in [3.05, 3.63) is 82.4 Å². The quantitative estimate of drug-likeness (QED) is 0.523. The van der Waals surface area contributed by atoms with Gasteiger partial charge < -0.3 is 0 Å². The van der Waals surface area contributed by atoms with E-state index in [2.05, 4.69) is 13.0 Å². The van der Waals surface area contributed by atoms with Crippen molar-refractivity contribution in [3.63, 3.8) is 0 Å². The van der Waals surface area contributed by atoms with Gasteiger partial charge in [0.2, 0.25) is 0 Å². The van der Waals surface area contributed by atoms with Crippen LogP contribution in [0.15, 0.2) is 48.5 Å². The van der Waals surface area contributed by atoms with Crippen molar-refractivity contribution in [1.29, 1.82) is 0 Å². The molecule has 0 heterocycles. The molecule has 0 aliphatic heterocycles. The van der Waals surface area contributed by atoms with Crippen LogP contribution in [0.4, 0.5) is 8.78 Å². The van der Waals surface area contributed by atoms with Gasteiger partial charge in [0.05, 0.1) is 0 Å². The molecule has 0 spiro atoms. The molecule has 0 saturated carbocycles. The van der Waals surface area contributed by atoms with E-state index in [4.69, 9.17) is 0 Å². The Balaban J connectivity index is 1.69. The smallest absolute Gasteiger partial charge is 0.134 e. The molecule has 3 aromatic carbocycles. The van der Waals surface area contributed by atoms with Gasteiger partial charge in [0.15, 0.2) is 0 Å². The van der Waals surface area contributed by atoms with Crippen LogP contribution in [0.1, 0.15) is 47.9 Å². The van der Waals surface area contributed by atoms with Crippen LogP contribution < -0.4 is 0 Å². The first-order valence-electron chi connectivity index (χ1n) is 9.14. The maximum atomic E-state index is 15.2. The zero-order valence-corrected chi connectivity index (χ0v) is 14.5. The second-order valence-corrected chi connectivity index (χ2v) is 7.13. The summed E-state index contributed by atoms with van der Waals surface area (Å²) in [4.78, 5) is 0. The van der Waals surface area contributed by atoms with E-state index in [-0.39, 0.29) is 17.6 Å². The highest BCUT2D eigenvalue weighted by molar-refractivity contribution is 5.84. The average Bonchev–Trinajstić information content (AvgIpc) is 2.62. The minimum atomic E-state index is -0.183. The topological polar surface area (TPSA) is 0 Å². The summed E-state index contributed by atoms with van der Waals surface area (Å²) in [6.45, 7) is 2.15. The highest BCUT2D eigenvalue weighted by atomic mass is 19.1. The van der Waals surface area contributed by atoms with E-state index in [9.17, 15) is 4.39 Å². The van der Waals surface area contributed by atoms with Crippen LogP contribution >= 0.6 is 0 Å². The van der Waals surface area contributed by atoms with Gasteiger partial charge in [-0.2, -0.15) is 0 Å². The lowest BCUT2D eigenvalue weighted by molar-refractivity contribution is 0.535. The van der Waals surface area contributed by atoms with Gasteiger partial charge in [0.1, 0.15) is 11.6 Å². The third-order valence-electron chi connectivity index (χ3n) is 5.42. The van der Waals surface area contributed by atoms with Crippen LogP contribution in [0.5, 0.6) is 0 Å². The number of benzene rings is 3. The summed E-state index contributed by atoms with van der Waals surface area (Å²) in [5.41, 5.74) is 4.28. The van der Waals surface area contributed by atoms with Crippen LogP contribution in [0.3, 0.4) is 0 Å². The number of halogens is 2. The maximum Gasteiger partial charge on any atom is 0.134 e. The summed E-state index contributed by atoms with van der Waals surface area (Å²) in [5.74, 6) is -0.106. The van der Waals surface area contributed by atoms with Crippen LogP contribution in [0.2, 0.25) is 0 Å². The van der Waals surface area contributed by atoms with Gasteiger partial charge in [0, 0.05) is 5.39 Å². The zero-order chi connectivity index (χ0) is 17.4. The van der Waals surface area contributed by atoms with Crippen molar-refractivity contribution < 1.29 is 8.78 Å². The van der Waals surface area contributed by atoms with E-state index in [1.165, 1.54) is 11.6 Å². The third kappa shape index (κ3) is 3.06. The van der Waals surface area contributed by atoms with Gasteiger partial charge in [-0.1, -0.05) is 49.7 Å². The predicted molar refractivity (Wildman–Crippen MR) is 99.1 cm³/mol. The summed E-state index contributed by atoms with van der Waals surface area (Å²) < 4.78 is 28.5. The maximum absolute atomic E-state index is 15.2. The van der Waals surface area contributed by atoms with Crippen LogP contribution in [0.25, 0.3) is 10.8 Å². The molecule has 25 heavy (non-hydrogen) atoms. The summed E-state index contributed by atoms with van der Waals surface area (Å²) in [5, 5.41) is 1.69. The molecule has 0 aromatic heterocycles. The Bertz CT molecular complexity index is 927. The molecule has 1 atom stereocenters. The molecule has 0 nitrogen and oxygen atoms in total. The van der Waals surface area contributed by atoms with E-state index in [1.807, 2.05) is 30.3 Å². The Morgan fingerprint density at radius 2 is 1.84 bits per heavy atom. The van der Waals surface area contributed by atoms with E-state index in [0.29, 0.717) is 5.39 Å². The van der Waals surface area contributed by atoms with E-state index in [0.717, 1.165) is 54.2 Å². The van der Waals surface area contributed by atoms with Crippen LogP contribution in [-0.4, -0.2) is 0 Å². The number of aryl methyl sites for hydroxylation is 2. The summed E-state index contributed by atoms with van der Waals surface area (Å²) in [6, 6.07) is 15.0. The van der Waals surface area contributed by atoms with Crippen LogP contribution in [-0.2, 0) is 19.3 Å². The molecular formula is C23H22F2. The van der Waals surface area contributed by atoms with E-state index >= 15 is 4.39 Å². The molecule has 0 amide bonds.